The van der Waals surface area contributed by atoms with E-state index in [1.165, 1.54) is 12.0 Å². The lowest BCUT2D eigenvalue weighted by Gasteiger charge is -2.59. The maximum Gasteiger partial charge on any atom is 0.139 e. The number of Topliss-reactive ketones (excluding diaryl/α,β-unsaturated/α-hetero) is 1. The van der Waals surface area contributed by atoms with Gasteiger partial charge in [-0.3, -0.25) is 4.79 Å². The summed E-state index contributed by atoms with van der Waals surface area (Å²) in [6, 6.07) is 0. The number of aliphatic hydroxyl groups excluding tert-OH is 1. The number of aliphatic hydroxyl groups is 1. The van der Waals surface area contributed by atoms with Gasteiger partial charge >= 0.3 is 0 Å². The van der Waals surface area contributed by atoms with E-state index in [0.29, 0.717) is 29.5 Å². The Morgan fingerprint density at radius 3 is 2.83 bits per heavy atom. The molecule has 2 unspecified atom stereocenters. The maximum absolute atomic E-state index is 12.5. The molecular formula is C20H29BrO2. The summed E-state index contributed by atoms with van der Waals surface area (Å²) in [7, 11) is 0. The van der Waals surface area contributed by atoms with Gasteiger partial charge in [0, 0.05) is 17.2 Å². The maximum atomic E-state index is 12.5. The Kier molecular flexibility index (Phi) is 3.85. The normalized spacial score (nSPS) is 52.4. The highest BCUT2D eigenvalue weighted by Gasteiger charge is 2.60. The minimum atomic E-state index is -0.171. The molecule has 0 amide bonds. The van der Waals surface area contributed by atoms with Crippen molar-refractivity contribution in [3.8, 4) is 0 Å². The molecule has 0 bridgehead atoms. The van der Waals surface area contributed by atoms with Gasteiger partial charge in [-0.15, -0.1) is 0 Å². The third kappa shape index (κ3) is 2.11. The van der Waals surface area contributed by atoms with Crippen molar-refractivity contribution in [2.24, 2.45) is 34.5 Å². The lowest BCUT2D eigenvalue weighted by Crippen LogP contribution is -2.54. The third-order valence-corrected chi connectivity index (χ3v) is 9.07. The van der Waals surface area contributed by atoms with Crippen molar-refractivity contribution in [3.05, 3.63) is 11.6 Å². The van der Waals surface area contributed by atoms with Crippen LogP contribution in [0.2, 0.25) is 0 Å². The molecule has 4 aliphatic carbocycles. The van der Waals surface area contributed by atoms with E-state index in [0.717, 1.165) is 43.9 Å². The molecule has 3 heteroatoms. The van der Waals surface area contributed by atoms with Crippen molar-refractivity contribution in [2.45, 2.75) is 64.9 Å². The van der Waals surface area contributed by atoms with E-state index in [4.69, 9.17) is 0 Å². The molecule has 2 nitrogen and oxygen atoms in total. The molecule has 3 saturated carbocycles. The van der Waals surface area contributed by atoms with Crippen molar-refractivity contribution in [1.82, 2.24) is 0 Å². The van der Waals surface area contributed by atoms with E-state index < -0.39 is 0 Å². The van der Waals surface area contributed by atoms with Crippen LogP contribution in [0.25, 0.3) is 0 Å². The number of carbonyl (C=O) groups is 1. The van der Waals surface area contributed by atoms with Crippen LogP contribution >= 0.6 is 15.9 Å². The van der Waals surface area contributed by atoms with Crippen LogP contribution in [0, 0.1) is 34.5 Å². The molecule has 0 aromatic rings. The van der Waals surface area contributed by atoms with Crippen molar-refractivity contribution >= 4 is 21.7 Å². The molecule has 0 aromatic heterocycles. The number of alkyl halides is 1. The van der Waals surface area contributed by atoms with Crippen LogP contribution in [-0.2, 0) is 4.79 Å². The number of rotatable bonds is 1. The molecule has 0 spiro atoms. The van der Waals surface area contributed by atoms with Crippen molar-refractivity contribution in [2.75, 3.05) is 5.33 Å². The van der Waals surface area contributed by atoms with E-state index in [-0.39, 0.29) is 16.9 Å². The van der Waals surface area contributed by atoms with Gasteiger partial charge in [-0.2, -0.15) is 0 Å². The van der Waals surface area contributed by atoms with E-state index in [2.05, 4.69) is 35.9 Å². The summed E-state index contributed by atoms with van der Waals surface area (Å²) in [4.78, 5) is 12.5. The highest BCUT2D eigenvalue weighted by molar-refractivity contribution is 9.09. The minimum Gasteiger partial charge on any atom is -0.393 e. The first kappa shape index (κ1) is 16.3. The zero-order chi connectivity index (χ0) is 16.4. The summed E-state index contributed by atoms with van der Waals surface area (Å²) in [6.07, 6.45) is 9.38. The second-order valence-electron chi connectivity index (χ2n) is 8.99. The highest BCUT2D eigenvalue weighted by Crippen LogP contribution is 2.65. The van der Waals surface area contributed by atoms with E-state index >= 15 is 0 Å². The van der Waals surface area contributed by atoms with Crippen LogP contribution in [0.3, 0.4) is 0 Å². The van der Waals surface area contributed by atoms with Gasteiger partial charge < -0.3 is 5.11 Å². The minimum absolute atomic E-state index is 0.0407. The molecule has 0 radical (unpaired) electrons. The molecule has 4 rings (SSSR count). The molecule has 0 aliphatic heterocycles. The fourth-order valence-electron chi connectivity index (χ4n) is 6.87. The molecule has 3 fully saturated rings. The molecule has 0 heterocycles. The van der Waals surface area contributed by atoms with Crippen LogP contribution in [0.15, 0.2) is 11.6 Å². The van der Waals surface area contributed by atoms with Crippen molar-refractivity contribution in [3.63, 3.8) is 0 Å². The van der Waals surface area contributed by atoms with Gasteiger partial charge in [-0.1, -0.05) is 41.4 Å². The van der Waals surface area contributed by atoms with E-state index in [1.54, 1.807) is 0 Å². The van der Waals surface area contributed by atoms with Gasteiger partial charge in [0.2, 0.25) is 0 Å². The number of hydrogen-bond acceptors (Lipinski definition) is 2. The van der Waals surface area contributed by atoms with Crippen molar-refractivity contribution < 1.29 is 9.90 Å². The number of allylic oxidation sites excluding steroid dienone is 1. The lowest BCUT2D eigenvalue weighted by molar-refractivity contribution is -0.132. The second-order valence-corrected chi connectivity index (χ2v) is 9.63. The fourth-order valence-corrected chi connectivity index (χ4v) is 7.81. The summed E-state index contributed by atoms with van der Waals surface area (Å²) >= 11 is 3.74. The molecule has 128 valence electrons. The van der Waals surface area contributed by atoms with Gasteiger partial charge in [-0.05, 0) is 67.6 Å². The first-order valence-electron chi connectivity index (χ1n) is 9.38. The standard InChI is InChI=1S/C20H29BrO2/c1-19-8-7-17-15(16(19)5-6-18(19)23)4-3-12-9-14(22)10-13(11-21)20(12,17)2/h3,13-17,22H,4-11H2,1-2H3/t13?,14?,15-,16-,17+,19-,20+/m0/s1. The Morgan fingerprint density at radius 1 is 1.30 bits per heavy atom. The molecule has 23 heavy (non-hydrogen) atoms. The largest absolute Gasteiger partial charge is 0.393 e. The predicted molar refractivity (Wildman–Crippen MR) is 95.4 cm³/mol. The van der Waals surface area contributed by atoms with E-state index in [1.807, 2.05) is 0 Å². The van der Waals surface area contributed by atoms with Gasteiger partial charge in [0.15, 0.2) is 0 Å². The Bertz CT molecular complexity index is 556. The van der Waals surface area contributed by atoms with Crippen LogP contribution in [0.1, 0.15) is 58.8 Å². The Balaban J connectivity index is 1.73. The monoisotopic (exact) mass is 380 g/mol. The average Bonchev–Trinajstić information content (AvgIpc) is 2.83. The molecule has 0 saturated heterocycles. The number of fused-ring (bicyclic) bond motifs is 5. The van der Waals surface area contributed by atoms with Gasteiger partial charge in [-0.25, -0.2) is 0 Å². The SMILES string of the molecule is C[C@]12CC[C@@H]3[C@@H](CC=C4CC(O)CC(CBr)[C@@]43C)[C@@H]1CCC2=O. The zero-order valence-corrected chi connectivity index (χ0v) is 15.9. The zero-order valence-electron chi connectivity index (χ0n) is 14.4. The average molecular weight is 381 g/mol. The molecule has 0 aromatic carbocycles. The third-order valence-electron chi connectivity index (χ3n) is 8.29. The summed E-state index contributed by atoms with van der Waals surface area (Å²) in [5, 5.41) is 11.3. The highest BCUT2D eigenvalue weighted by atomic mass is 79.9. The van der Waals surface area contributed by atoms with Crippen molar-refractivity contribution in [1.29, 1.82) is 0 Å². The molecular weight excluding hydrogens is 352 g/mol. The first-order chi connectivity index (χ1) is 10.9. The molecule has 1 N–H and O–H groups in total. The second kappa shape index (κ2) is 5.42. The van der Waals surface area contributed by atoms with Crippen LogP contribution in [0.5, 0.6) is 0 Å². The Morgan fingerprint density at radius 2 is 2.09 bits per heavy atom. The number of carbonyl (C=O) groups excluding carboxylic acids is 1. The topological polar surface area (TPSA) is 37.3 Å². The van der Waals surface area contributed by atoms with Gasteiger partial charge in [0.25, 0.3) is 0 Å². The summed E-state index contributed by atoms with van der Waals surface area (Å²) in [6.45, 7) is 4.71. The predicted octanol–water partition coefficient (Wildman–Crippen LogP) is 4.50. The summed E-state index contributed by atoms with van der Waals surface area (Å²) in [5.74, 6) is 3.00. The summed E-state index contributed by atoms with van der Waals surface area (Å²) in [5.41, 5.74) is 1.69. The van der Waals surface area contributed by atoms with Crippen LogP contribution < -0.4 is 0 Å². The number of halogens is 1. The number of ketones is 1. The number of hydrogen-bond donors (Lipinski definition) is 1. The Hall–Kier alpha value is -0.150. The molecule has 4 aliphatic rings. The quantitative estimate of drug-likeness (QED) is 0.536. The fraction of sp³-hybridized carbons (Fsp3) is 0.850. The van der Waals surface area contributed by atoms with Crippen LogP contribution in [0.4, 0.5) is 0 Å². The Labute approximate surface area is 148 Å². The van der Waals surface area contributed by atoms with Gasteiger partial charge in [0.1, 0.15) is 5.78 Å². The lowest BCUT2D eigenvalue weighted by atomic mass is 9.46. The van der Waals surface area contributed by atoms with Crippen LogP contribution in [-0.4, -0.2) is 22.3 Å². The first-order valence-corrected chi connectivity index (χ1v) is 10.5. The smallest absolute Gasteiger partial charge is 0.139 e. The van der Waals surface area contributed by atoms with E-state index in [9.17, 15) is 9.90 Å². The summed E-state index contributed by atoms with van der Waals surface area (Å²) < 4.78 is 0. The van der Waals surface area contributed by atoms with Gasteiger partial charge in [0.05, 0.1) is 6.10 Å². The molecule has 7 atom stereocenters.